The summed E-state index contributed by atoms with van der Waals surface area (Å²) in [7, 11) is 0. The number of nitrogens with two attached hydrogens (primary N) is 1. The molecule has 0 aliphatic carbocycles. The van der Waals surface area contributed by atoms with Gasteiger partial charge in [0, 0.05) is 5.75 Å². The smallest absolute Gasteiger partial charge is 0.209 e. The van der Waals surface area contributed by atoms with Gasteiger partial charge in [-0.3, -0.25) is 0 Å². The zero-order valence-electron chi connectivity index (χ0n) is 16.2. The molecule has 2 aromatic carbocycles. The Bertz CT molecular complexity index is 851. The third kappa shape index (κ3) is 5.66. The lowest BCUT2D eigenvalue weighted by atomic mass is 10.0. The lowest BCUT2D eigenvalue weighted by molar-refractivity contribution is 0.291. The largest absolute Gasteiger partial charge is 0.494 e. The van der Waals surface area contributed by atoms with E-state index in [1.165, 1.54) is 10.2 Å². The Labute approximate surface area is 170 Å². The van der Waals surface area contributed by atoms with Crippen molar-refractivity contribution in [2.24, 2.45) is 0 Å². The van der Waals surface area contributed by atoms with E-state index < -0.39 is 0 Å². The van der Waals surface area contributed by atoms with Crippen LogP contribution in [0.25, 0.3) is 0 Å². The van der Waals surface area contributed by atoms with E-state index in [9.17, 15) is 0 Å². The van der Waals surface area contributed by atoms with Crippen molar-refractivity contribution in [2.75, 3.05) is 18.2 Å². The molecule has 0 spiro atoms. The third-order valence-electron chi connectivity index (χ3n) is 4.18. The predicted molar refractivity (Wildman–Crippen MR) is 112 cm³/mol. The van der Waals surface area contributed by atoms with Crippen molar-refractivity contribution in [2.45, 2.75) is 37.9 Å². The maximum atomic E-state index is 6.10. The van der Waals surface area contributed by atoms with Gasteiger partial charge in [-0.1, -0.05) is 55.9 Å². The molecule has 0 bridgehead atoms. The Morgan fingerprint density at radius 1 is 0.964 bits per heavy atom. The number of benzene rings is 2. The normalized spacial score (nSPS) is 11.0. The summed E-state index contributed by atoms with van der Waals surface area (Å²) in [5.41, 5.74) is 1.28. The maximum Gasteiger partial charge on any atom is 0.209 e. The van der Waals surface area contributed by atoms with Gasteiger partial charge in [0.15, 0.2) is 5.82 Å². The van der Waals surface area contributed by atoms with Crippen molar-refractivity contribution in [1.82, 2.24) is 14.9 Å². The first-order valence-corrected chi connectivity index (χ1v) is 10.3. The molecule has 7 heteroatoms. The van der Waals surface area contributed by atoms with Gasteiger partial charge in [0.05, 0.1) is 6.61 Å². The summed E-state index contributed by atoms with van der Waals surface area (Å²) in [4.78, 5) is 0. The Kier molecular flexibility index (Phi) is 7.19. The van der Waals surface area contributed by atoms with Crippen LogP contribution in [-0.4, -0.2) is 27.2 Å². The number of thioether (sulfide) groups is 1. The fourth-order valence-electron chi connectivity index (χ4n) is 2.53. The second-order valence-electron chi connectivity index (χ2n) is 6.64. The van der Waals surface area contributed by atoms with Gasteiger partial charge in [-0.15, -0.1) is 10.2 Å². The van der Waals surface area contributed by atoms with Gasteiger partial charge in [0.1, 0.15) is 18.1 Å². The fourth-order valence-corrected chi connectivity index (χ4v) is 3.32. The molecular formula is C21H26N4O2S. The molecule has 148 valence electrons. The van der Waals surface area contributed by atoms with Gasteiger partial charge >= 0.3 is 0 Å². The summed E-state index contributed by atoms with van der Waals surface area (Å²) in [6.45, 7) is 5.26. The van der Waals surface area contributed by atoms with E-state index in [0.29, 0.717) is 23.5 Å². The first-order valence-electron chi connectivity index (χ1n) is 9.36. The summed E-state index contributed by atoms with van der Waals surface area (Å²) in [5, 5.41) is 8.96. The lowest BCUT2D eigenvalue weighted by Gasteiger charge is -2.09. The predicted octanol–water partition coefficient (Wildman–Crippen LogP) is 4.26. The van der Waals surface area contributed by atoms with Gasteiger partial charge in [-0.2, -0.15) is 0 Å². The molecule has 0 radical (unpaired) electrons. The average molecular weight is 399 g/mol. The minimum Gasteiger partial charge on any atom is -0.494 e. The Morgan fingerprint density at radius 3 is 2.39 bits per heavy atom. The zero-order valence-corrected chi connectivity index (χ0v) is 17.1. The van der Waals surface area contributed by atoms with Crippen LogP contribution in [0.15, 0.2) is 59.8 Å². The maximum absolute atomic E-state index is 6.10. The van der Waals surface area contributed by atoms with Crippen molar-refractivity contribution in [3.05, 3.63) is 66.0 Å². The van der Waals surface area contributed by atoms with Gasteiger partial charge in [-0.25, -0.2) is 4.68 Å². The van der Waals surface area contributed by atoms with Crippen molar-refractivity contribution in [3.63, 3.8) is 0 Å². The van der Waals surface area contributed by atoms with E-state index in [1.54, 1.807) is 11.8 Å². The molecule has 0 atom stereocenters. The molecule has 2 N–H and O–H groups in total. The topological polar surface area (TPSA) is 75.2 Å². The molecule has 0 unspecified atom stereocenters. The summed E-state index contributed by atoms with van der Waals surface area (Å²) in [6.07, 6.45) is 0.889. The number of rotatable bonds is 10. The Morgan fingerprint density at radius 2 is 1.68 bits per heavy atom. The van der Waals surface area contributed by atoms with Crippen LogP contribution in [0.2, 0.25) is 0 Å². The third-order valence-corrected chi connectivity index (χ3v) is 5.21. The minimum atomic E-state index is 0.280. The second kappa shape index (κ2) is 10.0. The van der Waals surface area contributed by atoms with E-state index >= 15 is 0 Å². The van der Waals surface area contributed by atoms with Crippen molar-refractivity contribution in [1.29, 1.82) is 0 Å². The molecule has 3 rings (SSSR count). The van der Waals surface area contributed by atoms with Gasteiger partial charge in [0.25, 0.3) is 0 Å². The lowest BCUT2D eigenvalue weighted by Crippen LogP contribution is -2.16. The molecule has 3 aromatic rings. The van der Waals surface area contributed by atoms with Crippen molar-refractivity contribution < 1.29 is 9.47 Å². The molecule has 1 aromatic heterocycles. The fraction of sp³-hybridized carbons (Fsp3) is 0.333. The summed E-state index contributed by atoms with van der Waals surface area (Å²) in [6, 6.07) is 17.9. The van der Waals surface area contributed by atoms with E-state index in [1.807, 2.05) is 42.5 Å². The molecular weight excluding hydrogens is 372 g/mol. The van der Waals surface area contributed by atoms with Crippen LogP contribution < -0.4 is 15.3 Å². The molecule has 0 amide bonds. The number of hydrogen-bond donors (Lipinski definition) is 1. The highest BCUT2D eigenvalue weighted by Gasteiger charge is 2.11. The second-order valence-corrected chi connectivity index (χ2v) is 7.71. The van der Waals surface area contributed by atoms with E-state index in [-0.39, 0.29) is 6.61 Å². The average Bonchev–Trinajstić information content (AvgIpc) is 3.07. The van der Waals surface area contributed by atoms with Gasteiger partial charge < -0.3 is 15.3 Å². The molecule has 0 aliphatic rings. The molecule has 0 saturated heterocycles. The zero-order chi connectivity index (χ0) is 19.8. The number of hydrogen-bond acceptors (Lipinski definition) is 6. The SMILES string of the molecule is CC(C)c1ccc(OCc2nnc(SCCCOc3ccccc3)n2N)cc1. The molecule has 0 aliphatic heterocycles. The summed E-state index contributed by atoms with van der Waals surface area (Å²) in [5.74, 6) is 9.71. The first kappa shape index (κ1) is 20.1. The highest BCUT2D eigenvalue weighted by Crippen LogP contribution is 2.20. The highest BCUT2D eigenvalue weighted by atomic mass is 32.2. The summed E-state index contributed by atoms with van der Waals surface area (Å²) < 4.78 is 13.0. The Balaban J connectivity index is 1.42. The van der Waals surface area contributed by atoms with Crippen molar-refractivity contribution in [3.8, 4) is 11.5 Å². The van der Waals surface area contributed by atoms with Crippen LogP contribution in [0, 0.1) is 0 Å². The van der Waals surface area contributed by atoms with Crippen LogP contribution in [0.5, 0.6) is 11.5 Å². The van der Waals surface area contributed by atoms with E-state index in [2.05, 4.69) is 36.2 Å². The quantitative estimate of drug-likeness (QED) is 0.312. The first-order chi connectivity index (χ1) is 13.6. The molecule has 6 nitrogen and oxygen atoms in total. The van der Waals surface area contributed by atoms with Crippen LogP contribution in [0.3, 0.4) is 0 Å². The van der Waals surface area contributed by atoms with Crippen LogP contribution in [0.4, 0.5) is 0 Å². The molecule has 0 saturated carbocycles. The van der Waals surface area contributed by atoms with Crippen molar-refractivity contribution >= 4 is 11.8 Å². The summed E-state index contributed by atoms with van der Waals surface area (Å²) >= 11 is 1.56. The standard InChI is InChI=1S/C21H26N4O2S/c1-16(2)17-9-11-19(12-10-17)27-15-20-23-24-21(25(20)22)28-14-6-13-26-18-7-4-3-5-8-18/h3-5,7-12,16H,6,13-15,22H2,1-2H3. The number of ether oxygens (including phenoxy) is 2. The van der Waals surface area contributed by atoms with Gasteiger partial charge in [-0.05, 0) is 42.2 Å². The molecule has 1 heterocycles. The molecule has 28 heavy (non-hydrogen) atoms. The van der Waals surface area contributed by atoms with Gasteiger partial charge in [0.2, 0.25) is 5.16 Å². The highest BCUT2D eigenvalue weighted by molar-refractivity contribution is 7.99. The van der Waals surface area contributed by atoms with Crippen LogP contribution >= 0.6 is 11.8 Å². The van der Waals surface area contributed by atoms with E-state index in [0.717, 1.165) is 23.7 Å². The number of nitrogens with zero attached hydrogens (tertiary/aromatic N) is 3. The number of aromatic nitrogens is 3. The van der Waals surface area contributed by atoms with Crippen LogP contribution in [-0.2, 0) is 6.61 Å². The molecule has 0 fully saturated rings. The number of nitrogen functional groups attached to an aromatic ring is 1. The monoisotopic (exact) mass is 398 g/mol. The number of para-hydroxylation sites is 1. The van der Waals surface area contributed by atoms with E-state index in [4.69, 9.17) is 15.3 Å². The minimum absolute atomic E-state index is 0.280. The Hall–Kier alpha value is -2.67. The van der Waals surface area contributed by atoms with Crippen LogP contribution in [0.1, 0.15) is 37.6 Å².